The highest BCUT2D eigenvalue weighted by Crippen LogP contribution is 2.37. The number of allylic oxidation sites excluding steroid dienone is 3. The van der Waals surface area contributed by atoms with Crippen LogP contribution < -0.4 is 5.73 Å². The van der Waals surface area contributed by atoms with Gasteiger partial charge in [0.25, 0.3) is 5.91 Å². The Hall–Kier alpha value is -2.21. The van der Waals surface area contributed by atoms with Gasteiger partial charge in [-0.1, -0.05) is 23.8 Å². The van der Waals surface area contributed by atoms with Crippen molar-refractivity contribution in [2.24, 2.45) is 5.73 Å². The van der Waals surface area contributed by atoms with Crippen LogP contribution in [-0.4, -0.2) is 53.2 Å². The van der Waals surface area contributed by atoms with Gasteiger partial charge in [-0.15, -0.1) is 0 Å². The number of carbonyl (C=O) groups is 3. The van der Waals surface area contributed by atoms with E-state index in [0.717, 1.165) is 61.0 Å². The molecule has 27 heavy (non-hydrogen) atoms. The van der Waals surface area contributed by atoms with E-state index in [0.29, 0.717) is 12.1 Å². The second-order valence-corrected chi connectivity index (χ2v) is 7.76. The molecule has 6 heteroatoms. The van der Waals surface area contributed by atoms with Gasteiger partial charge in [-0.05, 0) is 57.4 Å². The lowest BCUT2D eigenvalue weighted by molar-refractivity contribution is -0.133. The van der Waals surface area contributed by atoms with Gasteiger partial charge in [0, 0.05) is 19.2 Å². The molecule has 0 spiro atoms. The van der Waals surface area contributed by atoms with Crippen molar-refractivity contribution in [3.63, 3.8) is 0 Å². The fourth-order valence-electron chi connectivity index (χ4n) is 4.17. The van der Waals surface area contributed by atoms with E-state index in [4.69, 9.17) is 5.73 Å². The number of nitrogens with zero attached hydrogens (tertiary/aromatic N) is 2. The molecule has 6 nitrogen and oxygen atoms in total. The molecule has 1 fully saturated rings. The van der Waals surface area contributed by atoms with E-state index in [1.807, 2.05) is 12.2 Å². The molecule has 0 aromatic carbocycles. The Balaban J connectivity index is 1.82. The summed E-state index contributed by atoms with van der Waals surface area (Å²) in [6, 6.07) is -0.403. The molecule has 0 saturated carbocycles. The van der Waals surface area contributed by atoms with Crippen LogP contribution >= 0.6 is 0 Å². The number of carbonyl (C=O) groups excluding carboxylic acids is 3. The number of hydrogen-bond donors (Lipinski definition) is 1. The summed E-state index contributed by atoms with van der Waals surface area (Å²) in [7, 11) is 1.65. The molecule has 3 aliphatic rings. The summed E-state index contributed by atoms with van der Waals surface area (Å²) >= 11 is 0. The Kier molecular flexibility index (Phi) is 5.65. The molecule has 1 unspecified atom stereocenters. The molecule has 146 valence electrons. The average Bonchev–Trinajstić information content (AvgIpc) is 2.89. The monoisotopic (exact) mass is 371 g/mol. The number of nitrogens with two attached hydrogens (primary N) is 1. The molecule has 2 N–H and O–H groups in total. The number of amides is 3. The van der Waals surface area contributed by atoms with E-state index >= 15 is 0 Å². The SMILES string of the molecule is CN1C(=O)N(CC(=O)C2=CCCCC(CN)=C2)C(=O)C1(C)C1=CCCCC1. The Morgan fingerprint density at radius 1 is 1.15 bits per heavy atom. The van der Waals surface area contributed by atoms with Crippen molar-refractivity contribution in [1.29, 1.82) is 0 Å². The fourth-order valence-corrected chi connectivity index (χ4v) is 4.17. The zero-order valence-corrected chi connectivity index (χ0v) is 16.3. The van der Waals surface area contributed by atoms with Crippen molar-refractivity contribution >= 4 is 17.7 Å². The molecular formula is C21H29N3O3. The predicted octanol–water partition coefficient (Wildman–Crippen LogP) is 2.70. The quantitative estimate of drug-likeness (QED) is 0.595. The van der Waals surface area contributed by atoms with Crippen LogP contribution in [0.25, 0.3) is 0 Å². The maximum atomic E-state index is 13.2. The first-order chi connectivity index (χ1) is 12.9. The summed E-state index contributed by atoms with van der Waals surface area (Å²) in [5, 5.41) is 0. The minimum Gasteiger partial charge on any atom is -0.327 e. The van der Waals surface area contributed by atoms with Crippen molar-refractivity contribution in [2.75, 3.05) is 20.1 Å². The normalized spacial score (nSPS) is 26.6. The van der Waals surface area contributed by atoms with Gasteiger partial charge < -0.3 is 10.6 Å². The molecular weight excluding hydrogens is 342 g/mol. The van der Waals surface area contributed by atoms with Crippen LogP contribution in [0.3, 0.4) is 0 Å². The lowest BCUT2D eigenvalue weighted by atomic mass is 9.83. The van der Waals surface area contributed by atoms with Gasteiger partial charge in [0.1, 0.15) is 5.54 Å². The van der Waals surface area contributed by atoms with Crippen LogP contribution in [0.2, 0.25) is 0 Å². The maximum absolute atomic E-state index is 13.2. The zero-order valence-electron chi connectivity index (χ0n) is 16.3. The molecule has 1 atom stereocenters. The standard InChI is InChI=1S/C21H29N3O3/c1-21(17-10-4-3-5-11-17)19(26)24(20(27)23(21)2)14-18(25)16-9-7-6-8-15(12-16)13-22/h9-10,12H,3-8,11,13-14,22H2,1-2H3. The van der Waals surface area contributed by atoms with E-state index in [9.17, 15) is 14.4 Å². The van der Waals surface area contributed by atoms with Crippen LogP contribution in [0.5, 0.6) is 0 Å². The zero-order chi connectivity index (χ0) is 19.6. The van der Waals surface area contributed by atoms with E-state index in [2.05, 4.69) is 6.08 Å². The first-order valence-corrected chi connectivity index (χ1v) is 9.81. The third-order valence-electron chi connectivity index (χ3n) is 6.08. The molecule has 0 radical (unpaired) electrons. The minimum atomic E-state index is -0.978. The van der Waals surface area contributed by atoms with Crippen molar-refractivity contribution in [3.8, 4) is 0 Å². The molecule has 2 aliphatic carbocycles. The lowest BCUT2D eigenvalue weighted by Crippen LogP contribution is -2.47. The summed E-state index contributed by atoms with van der Waals surface area (Å²) in [6.45, 7) is 2.00. The molecule has 1 heterocycles. The van der Waals surface area contributed by atoms with Crippen LogP contribution in [0.4, 0.5) is 4.79 Å². The first kappa shape index (κ1) is 19.5. The highest BCUT2D eigenvalue weighted by atomic mass is 16.2. The van der Waals surface area contributed by atoms with Crippen LogP contribution in [0.15, 0.2) is 34.9 Å². The summed E-state index contributed by atoms with van der Waals surface area (Å²) in [4.78, 5) is 41.4. The number of hydrogen-bond acceptors (Lipinski definition) is 4. The van der Waals surface area contributed by atoms with Crippen molar-refractivity contribution in [3.05, 3.63) is 34.9 Å². The van der Waals surface area contributed by atoms with E-state index in [-0.39, 0.29) is 18.2 Å². The molecule has 1 saturated heterocycles. The number of imide groups is 1. The fraction of sp³-hybridized carbons (Fsp3) is 0.571. The number of urea groups is 1. The first-order valence-electron chi connectivity index (χ1n) is 9.81. The molecule has 1 aliphatic heterocycles. The predicted molar refractivity (Wildman–Crippen MR) is 104 cm³/mol. The average molecular weight is 371 g/mol. The van der Waals surface area contributed by atoms with Gasteiger partial charge in [0.05, 0.1) is 6.54 Å². The number of Topliss-reactive ketones (excluding diaryl/α,β-unsaturated/α-hetero) is 1. The smallest absolute Gasteiger partial charge is 0.327 e. The molecule has 0 aromatic heterocycles. The van der Waals surface area contributed by atoms with Crippen LogP contribution in [-0.2, 0) is 9.59 Å². The third-order valence-corrected chi connectivity index (χ3v) is 6.08. The number of rotatable bonds is 5. The van der Waals surface area contributed by atoms with Gasteiger partial charge in [0.15, 0.2) is 5.78 Å². The minimum absolute atomic E-state index is 0.208. The Morgan fingerprint density at radius 2 is 1.89 bits per heavy atom. The molecule has 3 rings (SSSR count). The van der Waals surface area contributed by atoms with Gasteiger partial charge in [-0.25, -0.2) is 4.79 Å². The van der Waals surface area contributed by atoms with Crippen molar-refractivity contribution in [2.45, 2.75) is 57.4 Å². The lowest BCUT2D eigenvalue weighted by Gasteiger charge is -2.33. The highest BCUT2D eigenvalue weighted by Gasteiger charge is 2.54. The van der Waals surface area contributed by atoms with Crippen molar-refractivity contribution in [1.82, 2.24) is 9.80 Å². The van der Waals surface area contributed by atoms with E-state index in [1.54, 1.807) is 14.0 Å². The Morgan fingerprint density at radius 3 is 2.56 bits per heavy atom. The highest BCUT2D eigenvalue weighted by molar-refractivity contribution is 6.12. The van der Waals surface area contributed by atoms with Crippen molar-refractivity contribution < 1.29 is 14.4 Å². The second-order valence-electron chi connectivity index (χ2n) is 7.76. The van der Waals surface area contributed by atoms with E-state index < -0.39 is 11.6 Å². The topological polar surface area (TPSA) is 83.7 Å². The summed E-state index contributed by atoms with van der Waals surface area (Å²) in [6.07, 6.45) is 12.3. The molecule has 3 amide bonds. The van der Waals surface area contributed by atoms with Gasteiger partial charge in [0.2, 0.25) is 0 Å². The van der Waals surface area contributed by atoms with Gasteiger partial charge in [-0.3, -0.25) is 14.5 Å². The Labute approximate surface area is 160 Å². The molecule has 0 bridgehead atoms. The summed E-state index contributed by atoms with van der Waals surface area (Å²) in [5.41, 5.74) is 7.34. The van der Waals surface area contributed by atoms with Crippen LogP contribution in [0.1, 0.15) is 51.9 Å². The summed E-state index contributed by atoms with van der Waals surface area (Å²) < 4.78 is 0. The number of ketones is 1. The molecule has 0 aromatic rings. The number of likely N-dealkylation sites (N-methyl/N-ethyl adjacent to an activating group) is 1. The van der Waals surface area contributed by atoms with Gasteiger partial charge >= 0.3 is 6.03 Å². The Bertz CT molecular complexity index is 750. The van der Waals surface area contributed by atoms with Crippen LogP contribution in [0, 0.1) is 0 Å². The largest absolute Gasteiger partial charge is 0.328 e. The third kappa shape index (κ3) is 3.50. The summed E-state index contributed by atoms with van der Waals surface area (Å²) in [5.74, 6) is -0.506. The maximum Gasteiger partial charge on any atom is 0.328 e. The van der Waals surface area contributed by atoms with Gasteiger partial charge in [-0.2, -0.15) is 0 Å². The second kappa shape index (κ2) is 7.80. The van der Waals surface area contributed by atoms with E-state index in [1.165, 1.54) is 4.90 Å².